The summed E-state index contributed by atoms with van der Waals surface area (Å²) in [6.07, 6.45) is 0. The van der Waals surface area contributed by atoms with E-state index in [1.54, 1.807) is 25.1 Å². The Morgan fingerprint density at radius 2 is 2.15 bits per heavy atom. The molecule has 0 aliphatic rings. The molecule has 0 N–H and O–H groups in total. The lowest BCUT2D eigenvalue weighted by molar-refractivity contribution is 0.0991. The van der Waals surface area contributed by atoms with Crippen molar-refractivity contribution in [1.82, 2.24) is 0 Å². The van der Waals surface area contributed by atoms with Crippen molar-refractivity contribution in [3.8, 4) is 0 Å². The quantitative estimate of drug-likeness (QED) is 0.459. The lowest BCUT2D eigenvalue weighted by Crippen LogP contribution is -2.10. The fraction of sp³-hybridized carbons (Fsp3) is 0.222. The summed E-state index contributed by atoms with van der Waals surface area (Å²) in [4.78, 5) is 11.4. The maximum atomic E-state index is 11.4. The monoisotopic (exact) mass is 328 g/mol. The summed E-state index contributed by atoms with van der Waals surface area (Å²) >= 11 is 13.6. The number of alkyl halides is 1. The number of benzene rings is 1. The third-order valence-corrected chi connectivity index (χ3v) is 3.34. The molecule has 0 fully saturated rings. The van der Waals surface area contributed by atoms with Crippen LogP contribution in [0, 0.1) is 3.57 Å². The molecule has 0 saturated heterocycles. The minimum atomic E-state index is -0.504. The van der Waals surface area contributed by atoms with Crippen LogP contribution in [0.25, 0.3) is 0 Å². The van der Waals surface area contributed by atoms with E-state index in [1.807, 2.05) is 0 Å². The lowest BCUT2D eigenvalue weighted by Gasteiger charge is -2.03. The predicted octanol–water partition coefficient (Wildman–Crippen LogP) is 3.75. The standard InChI is InChI=1S/C9H7Cl2IO/c1-5(10)9(13)6-2-3-8(12)7(11)4-6/h2-5H,1H3. The van der Waals surface area contributed by atoms with Gasteiger partial charge in [0.15, 0.2) is 5.78 Å². The van der Waals surface area contributed by atoms with Crippen molar-refractivity contribution in [3.05, 3.63) is 32.4 Å². The summed E-state index contributed by atoms with van der Waals surface area (Å²) in [5, 5.41) is 0.0832. The molecule has 1 rings (SSSR count). The number of carbonyl (C=O) groups is 1. The minimum absolute atomic E-state index is 0.0973. The number of hydrogen-bond donors (Lipinski definition) is 0. The minimum Gasteiger partial charge on any atom is -0.293 e. The van der Waals surface area contributed by atoms with Gasteiger partial charge in [-0.25, -0.2) is 0 Å². The Morgan fingerprint density at radius 3 is 2.62 bits per heavy atom. The van der Waals surface area contributed by atoms with Gasteiger partial charge in [-0.1, -0.05) is 17.7 Å². The molecule has 70 valence electrons. The van der Waals surface area contributed by atoms with Crippen molar-refractivity contribution in [2.75, 3.05) is 0 Å². The molecular weight excluding hydrogens is 322 g/mol. The molecule has 0 bridgehead atoms. The van der Waals surface area contributed by atoms with Crippen LogP contribution in [0.3, 0.4) is 0 Å². The SMILES string of the molecule is CC(Cl)C(=O)c1ccc(I)c(Cl)c1. The fourth-order valence-corrected chi connectivity index (χ4v) is 1.52. The Kier molecular flexibility index (Phi) is 4.01. The number of halogens is 3. The summed E-state index contributed by atoms with van der Waals surface area (Å²) in [7, 11) is 0. The average Bonchev–Trinajstić information content (AvgIpc) is 2.08. The van der Waals surface area contributed by atoms with E-state index >= 15 is 0 Å². The molecule has 1 aromatic carbocycles. The maximum Gasteiger partial charge on any atom is 0.180 e. The van der Waals surface area contributed by atoms with Crippen molar-refractivity contribution in [1.29, 1.82) is 0 Å². The highest BCUT2D eigenvalue weighted by Crippen LogP contribution is 2.20. The molecule has 0 saturated carbocycles. The highest BCUT2D eigenvalue weighted by atomic mass is 127. The highest BCUT2D eigenvalue weighted by Gasteiger charge is 2.12. The van der Waals surface area contributed by atoms with Gasteiger partial charge in [0.1, 0.15) is 0 Å². The van der Waals surface area contributed by atoms with Gasteiger partial charge < -0.3 is 0 Å². The predicted molar refractivity (Wildman–Crippen MR) is 63.8 cm³/mol. The van der Waals surface area contributed by atoms with E-state index in [-0.39, 0.29) is 5.78 Å². The van der Waals surface area contributed by atoms with Gasteiger partial charge in [-0.15, -0.1) is 11.6 Å². The first-order chi connectivity index (χ1) is 6.02. The zero-order valence-corrected chi connectivity index (χ0v) is 10.5. The zero-order valence-electron chi connectivity index (χ0n) is 6.85. The van der Waals surface area contributed by atoms with E-state index in [1.165, 1.54) is 0 Å². The van der Waals surface area contributed by atoms with E-state index in [0.717, 1.165) is 3.57 Å². The molecule has 4 heteroatoms. The van der Waals surface area contributed by atoms with Gasteiger partial charge >= 0.3 is 0 Å². The van der Waals surface area contributed by atoms with Crippen molar-refractivity contribution >= 4 is 51.6 Å². The van der Waals surface area contributed by atoms with E-state index in [2.05, 4.69) is 22.6 Å². The van der Waals surface area contributed by atoms with Gasteiger partial charge in [-0.3, -0.25) is 4.79 Å². The van der Waals surface area contributed by atoms with E-state index in [4.69, 9.17) is 23.2 Å². The summed E-state index contributed by atoms with van der Waals surface area (Å²) < 4.78 is 0.929. The molecular formula is C9H7Cl2IO. The van der Waals surface area contributed by atoms with E-state index < -0.39 is 5.38 Å². The number of ketones is 1. The second-order valence-electron chi connectivity index (χ2n) is 2.61. The average molecular weight is 329 g/mol. The van der Waals surface area contributed by atoms with Crippen LogP contribution in [0.1, 0.15) is 17.3 Å². The molecule has 1 aromatic rings. The molecule has 0 spiro atoms. The van der Waals surface area contributed by atoms with Crippen LogP contribution < -0.4 is 0 Å². The fourth-order valence-electron chi connectivity index (χ4n) is 0.879. The van der Waals surface area contributed by atoms with Gasteiger partial charge in [0.05, 0.1) is 10.4 Å². The Labute approximate surface area is 101 Å². The number of hydrogen-bond acceptors (Lipinski definition) is 1. The van der Waals surface area contributed by atoms with E-state index in [0.29, 0.717) is 10.6 Å². The van der Waals surface area contributed by atoms with Crippen molar-refractivity contribution in [2.45, 2.75) is 12.3 Å². The van der Waals surface area contributed by atoms with Gasteiger partial charge in [0.2, 0.25) is 0 Å². The highest BCUT2D eigenvalue weighted by molar-refractivity contribution is 14.1. The molecule has 0 amide bonds. The number of rotatable bonds is 2. The largest absolute Gasteiger partial charge is 0.293 e. The Bertz CT molecular complexity index is 336. The molecule has 0 radical (unpaired) electrons. The van der Waals surface area contributed by atoms with Gasteiger partial charge in [-0.2, -0.15) is 0 Å². The van der Waals surface area contributed by atoms with Crippen LogP contribution in [0.2, 0.25) is 5.02 Å². The topological polar surface area (TPSA) is 17.1 Å². The molecule has 1 unspecified atom stereocenters. The number of Topliss-reactive ketones (excluding diaryl/α,β-unsaturated/α-hetero) is 1. The molecule has 0 aromatic heterocycles. The Hall–Kier alpha value is 0.200. The van der Waals surface area contributed by atoms with Crippen molar-refractivity contribution in [3.63, 3.8) is 0 Å². The van der Waals surface area contributed by atoms with Gasteiger partial charge in [-0.05, 0) is 41.6 Å². The third-order valence-electron chi connectivity index (χ3n) is 1.57. The molecule has 13 heavy (non-hydrogen) atoms. The number of carbonyl (C=O) groups excluding carboxylic acids is 1. The first-order valence-corrected chi connectivity index (χ1v) is 5.55. The van der Waals surface area contributed by atoms with Crippen LogP contribution in [0.4, 0.5) is 0 Å². The Morgan fingerprint density at radius 1 is 1.54 bits per heavy atom. The summed E-state index contributed by atoms with van der Waals surface area (Å²) in [6.45, 7) is 1.65. The van der Waals surface area contributed by atoms with Crippen LogP contribution in [-0.2, 0) is 0 Å². The van der Waals surface area contributed by atoms with Gasteiger partial charge in [0.25, 0.3) is 0 Å². The molecule has 0 aliphatic carbocycles. The molecule has 1 nitrogen and oxygen atoms in total. The second-order valence-corrected chi connectivity index (χ2v) is 4.83. The second kappa shape index (κ2) is 4.62. The summed E-state index contributed by atoms with van der Waals surface area (Å²) in [5.74, 6) is -0.0973. The molecule has 0 heterocycles. The van der Waals surface area contributed by atoms with Crippen LogP contribution in [0.5, 0.6) is 0 Å². The normalized spacial score (nSPS) is 12.6. The van der Waals surface area contributed by atoms with Gasteiger partial charge in [0, 0.05) is 9.13 Å². The molecule has 0 aliphatic heterocycles. The summed E-state index contributed by atoms with van der Waals surface area (Å²) in [6, 6.07) is 5.18. The van der Waals surface area contributed by atoms with Crippen molar-refractivity contribution in [2.24, 2.45) is 0 Å². The zero-order chi connectivity index (χ0) is 10.0. The first-order valence-electron chi connectivity index (χ1n) is 3.65. The van der Waals surface area contributed by atoms with Crippen LogP contribution >= 0.6 is 45.8 Å². The molecule has 1 atom stereocenters. The lowest BCUT2D eigenvalue weighted by atomic mass is 10.1. The first kappa shape index (κ1) is 11.3. The maximum absolute atomic E-state index is 11.4. The Balaban J connectivity index is 3.04. The van der Waals surface area contributed by atoms with Crippen molar-refractivity contribution < 1.29 is 4.79 Å². The van der Waals surface area contributed by atoms with E-state index in [9.17, 15) is 4.79 Å². The third kappa shape index (κ3) is 2.82. The van der Waals surface area contributed by atoms with Crippen LogP contribution in [-0.4, -0.2) is 11.2 Å². The summed E-state index contributed by atoms with van der Waals surface area (Å²) in [5.41, 5.74) is 0.563. The van der Waals surface area contributed by atoms with Crippen LogP contribution in [0.15, 0.2) is 18.2 Å². The smallest absolute Gasteiger partial charge is 0.180 e.